The molecule has 1 saturated carbocycles. The van der Waals surface area contributed by atoms with Gasteiger partial charge in [0.15, 0.2) is 5.82 Å². The van der Waals surface area contributed by atoms with Gasteiger partial charge in [0.2, 0.25) is 0 Å². The van der Waals surface area contributed by atoms with E-state index >= 15 is 0 Å². The molecule has 1 aliphatic carbocycles. The molecule has 1 aliphatic rings. The fraction of sp³-hybridized carbons (Fsp3) is 0.667. The van der Waals surface area contributed by atoms with Crippen molar-refractivity contribution in [3.63, 3.8) is 0 Å². The molecule has 2 rings (SSSR count). The third-order valence-electron chi connectivity index (χ3n) is 2.70. The minimum Gasteiger partial charge on any atom is -0.377 e. The first kappa shape index (κ1) is 13.0. The molecule has 0 radical (unpaired) electrons. The largest absolute Gasteiger partial charge is 0.377 e. The van der Waals surface area contributed by atoms with E-state index in [9.17, 15) is 0 Å². The maximum atomic E-state index is 5.13. The van der Waals surface area contributed by atoms with E-state index in [0.717, 1.165) is 24.6 Å². The molecule has 0 saturated heterocycles. The fourth-order valence-electron chi connectivity index (χ4n) is 1.69. The molecule has 0 bridgehead atoms. The van der Waals surface area contributed by atoms with E-state index in [1.807, 2.05) is 0 Å². The van der Waals surface area contributed by atoms with Gasteiger partial charge in [-0.1, -0.05) is 6.92 Å². The molecule has 0 unspecified atom stereocenters. The van der Waals surface area contributed by atoms with E-state index < -0.39 is 0 Å². The number of aromatic nitrogens is 2. The highest BCUT2D eigenvalue weighted by molar-refractivity contribution is 14.1. The number of ether oxygens (including phenoxy) is 1. The van der Waals surface area contributed by atoms with E-state index in [-0.39, 0.29) is 0 Å². The van der Waals surface area contributed by atoms with Gasteiger partial charge in [0, 0.05) is 19.6 Å². The standard InChI is InChI=1S/C12H18IN3O/c1-3-6-14-12-10(13)11(8-4-5-8)15-9(16-12)7-17-2/h8H,3-7H2,1-2H3,(H,14,15,16). The lowest BCUT2D eigenvalue weighted by Crippen LogP contribution is -2.10. The number of hydrogen-bond acceptors (Lipinski definition) is 4. The Morgan fingerprint density at radius 3 is 2.76 bits per heavy atom. The Morgan fingerprint density at radius 1 is 1.41 bits per heavy atom. The number of nitrogens with zero attached hydrogens (tertiary/aromatic N) is 2. The second-order valence-corrected chi connectivity index (χ2v) is 5.40. The number of methoxy groups -OCH3 is 1. The number of rotatable bonds is 6. The summed E-state index contributed by atoms with van der Waals surface area (Å²) in [6.07, 6.45) is 3.61. The van der Waals surface area contributed by atoms with E-state index in [1.165, 1.54) is 22.1 Å². The van der Waals surface area contributed by atoms with Crippen molar-refractivity contribution in [2.75, 3.05) is 19.0 Å². The first-order valence-electron chi connectivity index (χ1n) is 6.05. The van der Waals surface area contributed by atoms with Crippen LogP contribution in [0.1, 0.15) is 43.6 Å². The topological polar surface area (TPSA) is 47.0 Å². The molecule has 0 spiro atoms. The molecule has 1 aromatic heterocycles. The van der Waals surface area contributed by atoms with Crippen LogP contribution in [-0.4, -0.2) is 23.6 Å². The van der Waals surface area contributed by atoms with Crippen LogP contribution in [0.3, 0.4) is 0 Å². The Kier molecular flexibility index (Phi) is 4.55. The molecule has 0 atom stereocenters. The highest BCUT2D eigenvalue weighted by atomic mass is 127. The minimum atomic E-state index is 0.484. The van der Waals surface area contributed by atoms with E-state index in [0.29, 0.717) is 12.5 Å². The van der Waals surface area contributed by atoms with Crippen molar-refractivity contribution in [2.45, 2.75) is 38.7 Å². The third-order valence-corrected chi connectivity index (χ3v) is 3.77. The first-order valence-corrected chi connectivity index (χ1v) is 7.13. The third kappa shape index (κ3) is 3.28. The summed E-state index contributed by atoms with van der Waals surface area (Å²) in [5, 5.41) is 3.37. The van der Waals surface area contributed by atoms with Gasteiger partial charge in [-0.2, -0.15) is 0 Å². The summed E-state index contributed by atoms with van der Waals surface area (Å²) in [6.45, 7) is 3.58. The maximum Gasteiger partial charge on any atom is 0.156 e. The smallest absolute Gasteiger partial charge is 0.156 e. The van der Waals surface area contributed by atoms with Crippen LogP contribution in [0, 0.1) is 3.57 Å². The average Bonchev–Trinajstić information content (AvgIpc) is 3.14. The van der Waals surface area contributed by atoms with Gasteiger partial charge in [0.1, 0.15) is 12.4 Å². The zero-order valence-corrected chi connectivity index (χ0v) is 12.5. The first-order chi connectivity index (χ1) is 8.26. The Hall–Kier alpha value is -0.430. The lowest BCUT2D eigenvalue weighted by atomic mass is 10.2. The lowest BCUT2D eigenvalue weighted by Gasteiger charge is -2.12. The van der Waals surface area contributed by atoms with Crippen LogP contribution in [0.15, 0.2) is 0 Å². The van der Waals surface area contributed by atoms with Crippen molar-refractivity contribution in [3.8, 4) is 0 Å². The van der Waals surface area contributed by atoms with Crippen molar-refractivity contribution >= 4 is 28.4 Å². The second-order valence-electron chi connectivity index (χ2n) is 4.32. The second kappa shape index (κ2) is 5.95. The molecule has 1 fully saturated rings. The van der Waals surface area contributed by atoms with Gasteiger partial charge in [-0.3, -0.25) is 0 Å². The molecular formula is C12H18IN3O. The van der Waals surface area contributed by atoms with Crippen molar-refractivity contribution < 1.29 is 4.74 Å². The summed E-state index contributed by atoms with van der Waals surface area (Å²) in [4.78, 5) is 9.12. The van der Waals surface area contributed by atoms with Crippen molar-refractivity contribution in [3.05, 3.63) is 15.1 Å². The van der Waals surface area contributed by atoms with Crippen LogP contribution in [0.4, 0.5) is 5.82 Å². The highest BCUT2D eigenvalue weighted by Gasteiger charge is 2.29. The molecule has 1 N–H and O–H groups in total. The number of hydrogen-bond donors (Lipinski definition) is 1. The quantitative estimate of drug-likeness (QED) is 0.804. The molecule has 1 heterocycles. The Bertz CT molecular complexity index is 394. The van der Waals surface area contributed by atoms with Gasteiger partial charge in [-0.15, -0.1) is 0 Å². The van der Waals surface area contributed by atoms with Gasteiger partial charge < -0.3 is 10.1 Å². The number of anilines is 1. The molecule has 94 valence electrons. The van der Waals surface area contributed by atoms with E-state index in [1.54, 1.807) is 7.11 Å². The van der Waals surface area contributed by atoms with Crippen molar-refractivity contribution in [1.82, 2.24) is 9.97 Å². The summed E-state index contributed by atoms with van der Waals surface area (Å²) < 4.78 is 6.31. The van der Waals surface area contributed by atoms with E-state index in [4.69, 9.17) is 4.74 Å². The molecule has 4 nitrogen and oxygen atoms in total. The number of nitrogens with one attached hydrogen (secondary N) is 1. The van der Waals surface area contributed by atoms with Crippen molar-refractivity contribution in [1.29, 1.82) is 0 Å². The molecule has 17 heavy (non-hydrogen) atoms. The summed E-state index contributed by atoms with van der Waals surface area (Å²) in [5.74, 6) is 2.40. The van der Waals surface area contributed by atoms with Crippen LogP contribution >= 0.6 is 22.6 Å². The normalized spacial score (nSPS) is 15.0. The van der Waals surface area contributed by atoms with E-state index in [2.05, 4.69) is 44.8 Å². The van der Waals surface area contributed by atoms with Gasteiger partial charge in [-0.05, 0) is 41.9 Å². The Labute approximate surface area is 116 Å². The summed E-state index contributed by atoms with van der Waals surface area (Å²) in [7, 11) is 1.68. The zero-order valence-electron chi connectivity index (χ0n) is 10.3. The van der Waals surface area contributed by atoms with Gasteiger partial charge in [0.05, 0.1) is 9.26 Å². The lowest BCUT2D eigenvalue weighted by molar-refractivity contribution is 0.177. The molecule has 5 heteroatoms. The summed E-state index contributed by atoms with van der Waals surface area (Å²) >= 11 is 2.35. The zero-order chi connectivity index (χ0) is 12.3. The van der Waals surface area contributed by atoms with Crippen LogP contribution in [0.25, 0.3) is 0 Å². The number of halogens is 1. The van der Waals surface area contributed by atoms with Crippen LogP contribution in [-0.2, 0) is 11.3 Å². The molecule has 1 aromatic rings. The molecule has 0 aromatic carbocycles. The molecule has 0 aliphatic heterocycles. The fourth-order valence-corrected chi connectivity index (χ4v) is 2.57. The summed E-state index contributed by atoms with van der Waals surface area (Å²) in [6, 6.07) is 0. The average molecular weight is 347 g/mol. The van der Waals surface area contributed by atoms with Crippen LogP contribution < -0.4 is 5.32 Å². The minimum absolute atomic E-state index is 0.484. The van der Waals surface area contributed by atoms with Crippen LogP contribution in [0.5, 0.6) is 0 Å². The molecule has 0 amide bonds. The van der Waals surface area contributed by atoms with Crippen LogP contribution in [0.2, 0.25) is 0 Å². The molecular weight excluding hydrogens is 329 g/mol. The highest BCUT2D eigenvalue weighted by Crippen LogP contribution is 2.42. The van der Waals surface area contributed by atoms with Crippen molar-refractivity contribution in [2.24, 2.45) is 0 Å². The predicted molar refractivity (Wildman–Crippen MR) is 76.2 cm³/mol. The predicted octanol–water partition coefficient (Wildman–Crippen LogP) is 2.93. The van der Waals surface area contributed by atoms with Gasteiger partial charge in [-0.25, -0.2) is 9.97 Å². The Morgan fingerprint density at radius 2 is 2.18 bits per heavy atom. The maximum absolute atomic E-state index is 5.13. The van der Waals surface area contributed by atoms with Gasteiger partial charge in [0.25, 0.3) is 0 Å². The summed E-state index contributed by atoms with van der Waals surface area (Å²) in [5.41, 5.74) is 1.20. The van der Waals surface area contributed by atoms with Gasteiger partial charge >= 0.3 is 0 Å². The Balaban J connectivity index is 2.27. The monoisotopic (exact) mass is 347 g/mol. The SMILES string of the molecule is CCCNc1nc(COC)nc(C2CC2)c1I.